The number of carbonyl (C=O) groups is 3. The van der Waals surface area contributed by atoms with Crippen molar-refractivity contribution in [3.8, 4) is 0 Å². The first-order valence-electron chi connectivity index (χ1n) is 34.3. The fourth-order valence-electron chi connectivity index (χ4n) is 9.17. The highest BCUT2D eigenvalue weighted by atomic mass is 16.6. The second kappa shape index (κ2) is 69.8. The lowest BCUT2D eigenvalue weighted by Crippen LogP contribution is -2.30. The van der Waals surface area contributed by atoms with E-state index in [-0.39, 0.29) is 31.1 Å². The molecule has 470 valence electrons. The summed E-state index contributed by atoms with van der Waals surface area (Å²) < 4.78 is 16.9. The molecule has 1 atom stereocenters. The van der Waals surface area contributed by atoms with Crippen molar-refractivity contribution in [3.05, 3.63) is 146 Å². The van der Waals surface area contributed by atoms with E-state index >= 15 is 0 Å². The summed E-state index contributed by atoms with van der Waals surface area (Å²) in [7, 11) is 0. The molecule has 0 aromatic rings. The number of esters is 3. The average molecular weight is 1150 g/mol. The van der Waals surface area contributed by atoms with Gasteiger partial charge in [-0.3, -0.25) is 14.4 Å². The molecule has 0 fully saturated rings. The number of rotatable bonds is 61. The average Bonchev–Trinajstić information content (AvgIpc) is 3.49. The van der Waals surface area contributed by atoms with Gasteiger partial charge in [-0.25, -0.2) is 0 Å². The van der Waals surface area contributed by atoms with Gasteiger partial charge in [0.2, 0.25) is 0 Å². The second-order valence-electron chi connectivity index (χ2n) is 22.3. The minimum atomic E-state index is -0.807. The first kappa shape index (κ1) is 78.3. The maximum atomic E-state index is 12.9. The van der Waals surface area contributed by atoms with Crippen LogP contribution in [0, 0.1) is 0 Å². The third-order valence-corrected chi connectivity index (χ3v) is 14.3. The molecule has 0 saturated carbocycles. The van der Waals surface area contributed by atoms with Crippen LogP contribution in [-0.4, -0.2) is 37.2 Å². The summed E-state index contributed by atoms with van der Waals surface area (Å²) in [5.41, 5.74) is 0. The monoisotopic (exact) mass is 1150 g/mol. The highest BCUT2D eigenvalue weighted by molar-refractivity contribution is 5.71. The van der Waals surface area contributed by atoms with Crippen LogP contribution in [0.4, 0.5) is 0 Å². The molecule has 0 aliphatic rings. The fraction of sp³-hybridized carbons (Fsp3) is 0.649. The molecule has 83 heavy (non-hydrogen) atoms. The van der Waals surface area contributed by atoms with Crippen LogP contribution in [-0.2, 0) is 28.6 Å². The van der Waals surface area contributed by atoms with Gasteiger partial charge in [0.1, 0.15) is 13.2 Å². The Balaban J connectivity index is 4.46. The van der Waals surface area contributed by atoms with Crippen LogP contribution >= 0.6 is 0 Å². The predicted molar refractivity (Wildman–Crippen MR) is 362 cm³/mol. The lowest BCUT2D eigenvalue weighted by atomic mass is 10.1. The molecule has 6 heteroatoms. The van der Waals surface area contributed by atoms with Crippen LogP contribution in [0.15, 0.2) is 146 Å². The van der Waals surface area contributed by atoms with E-state index in [1.807, 2.05) is 0 Å². The summed E-state index contributed by atoms with van der Waals surface area (Å²) in [5, 5.41) is 0. The topological polar surface area (TPSA) is 78.9 Å². The molecular weight excluding hydrogens is 1020 g/mol. The maximum absolute atomic E-state index is 12.9. The van der Waals surface area contributed by atoms with E-state index < -0.39 is 6.10 Å². The number of hydrogen-bond donors (Lipinski definition) is 0. The molecule has 0 saturated heterocycles. The van der Waals surface area contributed by atoms with Gasteiger partial charge in [-0.1, -0.05) is 282 Å². The first-order valence-corrected chi connectivity index (χ1v) is 34.3. The zero-order chi connectivity index (χ0) is 59.9. The van der Waals surface area contributed by atoms with Crippen LogP contribution in [0.1, 0.15) is 303 Å². The van der Waals surface area contributed by atoms with Crippen molar-refractivity contribution in [2.45, 2.75) is 309 Å². The fourth-order valence-corrected chi connectivity index (χ4v) is 9.17. The summed E-state index contributed by atoms with van der Waals surface area (Å²) in [6.45, 7) is 6.48. The van der Waals surface area contributed by atoms with Crippen molar-refractivity contribution in [2.75, 3.05) is 13.2 Å². The van der Waals surface area contributed by atoms with Crippen molar-refractivity contribution in [2.24, 2.45) is 0 Å². The molecule has 0 aromatic carbocycles. The van der Waals surface area contributed by atoms with E-state index in [9.17, 15) is 14.4 Å². The summed E-state index contributed by atoms with van der Waals surface area (Å²) in [6, 6.07) is 0. The molecule has 0 aliphatic carbocycles. The van der Waals surface area contributed by atoms with Gasteiger partial charge in [-0.15, -0.1) is 0 Å². The van der Waals surface area contributed by atoms with Crippen molar-refractivity contribution >= 4 is 17.9 Å². The third-order valence-electron chi connectivity index (χ3n) is 14.3. The van der Waals surface area contributed by atoms with Crippen LogP contribution < -0.4 is 0 Å². The minimum Gasteiger partial charge on any atom is -0.462 e. The standard InChI is InChI=1S/C77H126O6/c1-4-7-10-13-16-19-22-25-28-30-32-34-35-36-37-38-39-40-41-43-44-46-49-52-55-58-61-64-67-70-76(79)82-73-74(72-81-75(78)69-66-63-60-57-54-51-48-27-24-21-18-15-12-9-6-3)83-77(80)71-68-65-62-59-56-53-50-47-45-42-33-31-29-26-23-20-17-14-11-8-5-2/h7,10,16,19,23,25-28,31-34,36-37,39-40,43-45,47-49,52,74H,4-6,8-9,11-15,17-18,20-22,24,29-30,35,38,41-42,46,50-51,53-73H2,1-3H3/b10-7-,19-16-,26-23-,28-25-,33-31-,34-32-,37-36-,40-39-,44-43-,47-45-,48-27-,52-49-. The second-order valence-corrected chi connectivity index (χ2v) is 22.3. The number of ether oxygens (including phenoxy) is 3. The van der Waals surface area contributed by atoms with E-state index in [2.05, 4.69) is 167 Å². The van der Waals surface area contributed by atoms with Gasteiger partial charge < -0.3 is 14.2 Å². The molecule has 1 unspecified atom stereocenters. The summed E-state index contributed by atoms with van der Waals surface area (Å²) in [5.74, 6) is -0.943. The normalized spacial score (nSPS) is 13.0. The van der Waals surface area contributed by atoms with Crippen molar-refractivity contribution in [1.82, 2.24) is 0 Å². The highest BCUT2D eigenvalue weighted by Gasteiger charge is 2.19. The quantitative estimate of drug-likeness (QED) is 0.0261. The minimum absolute atomic E-state index is 0.100. The van der Waals surface area contributed by atoms with Crippen LogP contribution in [0.2, 0.25) is 0 Å². The first-order chi connectivity index (χ1) is 41.0. The van der Waals surface area contributed by atoms with Crippen LogP contribution in [0.25, 0.3) is 0 Å². The van der Waals surface area contributed by atoms with Crippen molar-refractivity contribution < 1.29 is 28.6 Å². The molecule has 0 aliphatic heterocycles. The molecule has 0 rings (SSSR count). The van der Waals surface area contributed by atoms with E-state index in [0.717, 1.165) is 161 Å². The molecule has 0 spiro atoms. The van der Waals surface area contributed by atoms with Gasteiger partial charge >= 0.3 is 17.9 Å². The van der Waals surface area contributed by atoms with Gasteiger partial charge in [-0.05, 0) is 148 Å². The number of allylic oxidation sites excluding steroid dienone is 24. The zero-order valence-corrected chi connectivity index (χ0v) is 53.9. The van der Waals surface area contributed by atoms with Crippen LogP contribution in [0.3, 0.4) is 0 Å². The molecule has 0 bridgehead atoms. The van der Waals surface area contributed by atoms with Gasteiger partial charge in [0, 0.05) is 19.3 Å². The lowest BCUT2D eigenvalue weighted by Gasteiger charge is -2.18. The van der Waals surface area contributed by atoms with E-state index in [1.165, 1.54) is 103 Å². The Morgan fingerprint density at radius 3 is 0.747 bits per heavy atom. The summed E-state index contributed by atoms with van der Waals surface area (Å²) >= 11 is 0. The van der Waals surface area contributed by atoms with Crippen molar-refractivity contribution in [1.29, 1.82) is 0 Å². The molecule has 0 aromatic heterocycles. The molecule has 6 nitrogen and oxygen atoms in total. The molecule has 0 N–H and O–H groups in total. The van der Waals surface area contributed by atoms with Gasteiger partial charge in [0.25, 0.3) is 0 Å². The summed E-state index contributed by atoms with van der Waals surface area (Å²) in [4.78, 5) is 38.4. The Morgan fingerprint density at radius 1 is 0.253 bits per heavy atom. The van der Waals surface area contributed by atoms with E-state index in [0.29, 0.717) is 19.3 Å². The van der Waals surface area contributed by atoms with Crippen molar-refractivity contribution in [3.63, 3.8) is 0 Å². The van der Waals surface area contributed by atoms with Gasteiger partial charge in [-0.2, -0.15) is 0 Å². The Hall–Kier alpha value is -4.71. The molecular formula is C77H126O6. The number of carbonyl (C=O) groups excluding carboxylic acids is 3. The van der Waals surface area contributed by atoms with E-state index in [1.54, 1.807) is 0 Å². The van der Waals surface area contributed by atoms with Crippen LogP contribution in [0.5, 0.6) is 0 Å². The maximum Gasteiger partial charge on any atom is 0.306 e. The predicted octanol–water partition coefficient (Wildman–Crippen LogP) is 23.9. The van der Waals surface area contributed by atoms with Gasteiger partial charge in [0.05, 0.1) is 0 Å². The van der Waals surface area contributed by atoms with Gasteiger partial charge in [0.15, 0.2) is 6.10 Å². The third kappa shape index (κ3) is 68.0. The smallest absolute Gasteiger partial charge is 0.306 e. The van der Waals surface area contributed by atoms with E-state index in [4.69, 9.17) is 14.2 Å². The SMILES string of the molecule is CC/C=C\C/C=C\C/C=C\C/C=C\C/C=C\C/C=C\C/C=C\C/C=C\CCCCCCC(=O)OCC(COC(=O)CCCCCCC/C=C\CCCCCCCC)OC(=O)CCCCCCCC/C=C\C/C=C\C/C=C\CCCCCCC. The lowest BCUT2D eigenvalue weighted by molar-refractivity contribution is -0.167. The Bertz CT molecular complexity index is 1800. The Morgan fingerprint density at radius 2 is 0.470 bits per heavy atom. The highest BCUT2D eigenvalue weighted by Crippen LogP contribution is 2.15. The summed E-state index contributed by atoms with van der Waals surface area (Å²) in [6.07, 6.45) is 99.9. The largest absolute Gasteiger partial charge is 0.462 e. The number of hydrogen-bond acceptors (Lipinski definition) is 6. The molecule has 0 heterocycles. The molecule has 0 amide bonds. The Kier molecular flexibility index (Phi) is 65.8. The Labute approximate surface area is 512 Å². The molecule has 0 radical (unpaired) electrons. The zero-order valence-electron chi connectivity index (χ0n) is 53.9. The number of unbranched alkanes of at least 4 members (excludes halogenated alkanes) is 26.